The molecule has 0 bridgehead atoms. The van der Waals surface area contributed by atoms with Crippen LogP contribution in [0.4, 0.5) is 0 Å². The molecule has 0 aliphatic heterocycles. The molecule has 0 saturated heterocycles. The number of nitrogens with zero attached hydrogens (tertiary/aromatic N) is 1. The summed E-state index contributed by atoms with van der Waals surface area (Å²) < 4.78 is 0. The first-order valence-electron chi connectivity index (χ1n) is 7.96. The SMILES string of the molecule is CCNC(=NCC1(O)CCCCC1)NCC1CCC1. The van der Waals surface area contributed by atoms with E-state index < -0.39 is 5.60 Å². The smallest absolute Gasteiger partial charge is 0.191 e. The Hall–Kier alpha value is -0.770. The van der Waals surface area contributed by atoms with Crippen LogP contribution < -0.4 is 10.6 Å². The molecular weight excluding hydrogens is 238 g/mol. The third-order valence-corrected chi connectivity index (χ3v) is 4.44. The van der Waals surface area contributed by atoms with Crippen molar-refractivity contribution in [2.75, 3.05) is 19.6 Å². The minimum atomic E-state index is -0.558. The van der Waals surface area contributed by atoms with E-state index in [2.05, 4.69) is 22.5 Å². The zero-order chi connectivity index (χ0) is 13.6. The second-order valence-corrected chi connectivity index (χ2v) is 6.16. The predicted molar refractivity (Wildman–Crippen MR) is 79.4 cm³/mol. The van der Waals surface area contributed by atoms with E-state index in [1.54, 1.807) is 0 Å². The molecule has 2 fully saturated rings. The van der Waals surface area contributed by atoms with E-state index in [9.17, 15) is 5.11 Å². The molecular formula is C15H29N3O. The van der Waals surface area contributed by atoms with E-state index in [-0.39, 0.29) is 0 Å². The minimum absolute atomic E-state index is 0.535. The maximum atomic E-state index is 10.5. The van der Waals surface area contributed by atoms with Crippen molar-refractivity contribution in [3.05, 3.63) is 0 Å². The van der Waals surface area contributed by atoms with Crippen LogP contribution in [0.2, 0.25) is 0 Å². The van der Waals surface area contributed by atoms with Crippen LogP contribution in [0.15, 0.2) is 4.99 Å². The second kappa shape index (κ2) is 7.13. The van der Waals surface area contributed by atoms with Gasteiger partial charge >= 0.3 is 0 Å². The largest absolute Gasteiger partial charge is 0.388 e. The standard InChI is InChI=1S/C15H29N3O/c1-2-16-14(17-11-13-7-6-8-13)18-12-15(19)9-4-3-5-10-15/h13,19H,2-12H2,1H3,(H2,16,17,18). The van der Waals surface area contributed by atoms with Crippen molar-refractivity contribution in [2.24, 2.45) is 10.9 Å². The molecule has 2 aliphatic carbocycles. The van der Waals surface area contributed by atoms with Gasteiger partial charge in [0, 0.05) is 13.1 Å². The fraction of sp³-hybridized carbons (Fsp3) is 0.933. The van der Waals surface area contributed by atoms with Gasteiger partial charge in [-0.15, -0.1) is 0 Å². The number of hydrogen-bond acceptors (Lipinski definition) is 2. The maximum Gasteiger partial charge on any atom is 0.191 e. The summed E-state index contributed by atoms with van der Waals surface area (Å²) in [5.74, 6) is 1.69. The summed E-state index contributed by atoms with van der Waals surface area (Å²) in [4.78, 5) is 4.58. The van der Waals surface area contributed by atoms with E-state index in [1.165, 1.54) is 25.7 Å². The molecule has 4 nitrogen and oxygen atoms in total. The van der Waals surface area contributed by atoms with Gasteiger partial charge in [-0.25, -0.2) is 0 Å². The topological polar surface area (TPSA) is 56.7 Å². The Morgan fingerprint density at radius 3 is 2.47 bits per heavy atom. The number of nitrogens with one attached hydrogen (secondary N) is 2. The highest BCUT2D eigenvalue weighted by atomic mass is 16.3. The van der Waals surface area contributed by atoms with Crippen molar-refractivity contribution in [3.63, 3.8) is 0 Å². The zero-order valence-corrected chi connectivity index (χ0v) is 12.2. The molecule has 110 valence electrons. The summed E-state index contributed by atoms with van der Waals surface area (Å²) in [6.07, 6.45) is 9.39. The number of hydrogen-bond donors (Lipinski definition) is 3. The highest BCUT2D eigenvalue weighted by Crippen LogP contribution is 2.28. The van der Waals surface area contributed by atoms with Crippen LogP contribution >= 0.6 is 0 Å². The first-order valence-corrected chi connectivity index (χ1v) is 7.96. The Morgan fingerprint density at radius 2 is 1.89 bits per heavy atom. The van der Waals surface area contributed by atoms with Crippen molar-refractivity contribution in [1.29, 1.82) is 0 Å². The molecule has 19 heavy (non-hydrogen) atoms. The van der Waals surface area contributed by atoms with Crippen LogP contribution in [-0.2, 0) is 0 Å². The molecule has 2 saturated carbocycles. The molecule has 0 aromatic carbocycles. The lowest BCUT2D eigenvalue weighted by Gasteiger charge is -2.31. The first kappa shape index (κ1) is 14.6. The van der Waals surface area contributed by atoms with Gasteiger partial charge < -0.3 is 15.7 Å². The van der Waals surface area contributed by atoms with Gasteiger partial charge in [-0.05, 0) is 38.5 Å². The number of guanidine groups is 1. The number of aliphatic hydroxyl groups is 1. The molecule has 0 heterocycles. The fourth-order valence-corrected chi connectivity index (χ4v) is 2.87. The van der Waals surface area contributed by atoms with Gasteiger partial charge in [-0.1, -0.05) is 25.7 Å². The Morgan fingerprint density at radius 1 is 1.16 bits per heavy atom. The normalized spacial score (nSPS) is 23.8. The van der Waals surface area contributed by atoms with Gasteiger partial charge in [-0.2, -0.15) is 0 Å². The van der Waals surface area contributed by atoms with Crippen LogP contribution in [0.25, 0.3) is 0 Å². The average molecular weight is 267 g/mol. The summed E-state index contributed by atoms with van der Waals surface area (Å²) in [5.41, 5.74) is -0.558. The van der Waals surface area contributed by atoms with E-state index in [0.717, 1.165) is 50.7 Å². The maximum absolute atomic E-state index is 10.5. The minimum Gasteiger partial charge on any atom is -0.388 e. The van der Waals surface area contributed by atoms with Gasteiger partial charge in [-0.3, -0.25) is 4.99 Å². The highest BCUT2D eigenvalue weighted by molar-refractivity contribution is 5.79. The van der Waals surface area contributed by atoms with Gasteiger partial charge in [0.25, 0.3) is 0 Å². The lowest BCUT2D eigenvalue weighted by molar-refractivity contribution is 0.0131. The van der Waals surface area contributed by atoms with Crippen LogP contribution in [-0.4, -0.2) is 36.3 Å². The fourth-order valence-electron chi connectivity index (χ4n) is 2.87. The predicted octanol–water partition coefficient (Wildman–Crippen LogP) is 2.04. The van der Waals surface area contributed by atoms with Crippen LogP contribution in [0, 0.1) is 5.92 Å². The molecule has 0 spiro atoms. The lowest BCUT2D eigenvalue weighted by Crippen LogP contribution is -2.43. The Bertz CT molecular complexity index is 294. The summed E-state index contributed by atoms with van der Waals surface area (Å²) in [5, 5.41) is 17.1. The molecule has 0 radical (unpaired) electrons. The quantitative estimate of drug-likeness (QED) is 0.528. The van der Waals surface area contributed by atoms with Crippen molar-refractivity contribution in [3.8, 4) is 0 Å². The number of aliphatic imine (C=N–C) groups is 1. The molecule has 3 N–H and O–H groups in total. The summed E-state index contributed by atoms with van der Waals surface area (Å²) in [7, 11) is 0. The van der Waals surface area contributed by atoms with Crippen molar-refractivity contribution >= 4 is 5.96 Å². The highest BCUT2D eigenvalue weighted by Gasteiger charge is 2.28. The molecule has 2 rings (SSSR count). The van der Waals surface area contributed by atoms with E-state index in [4.69, 9.17) is 0 Å². The molecule has 0 amide bonds. The van der Waals surface area contributed by atoms with Gasteiger partial charge in [0.2, 0.25) is 0 Å². The zero-order valence-electron chi connectivity index (χ0n) is 12.2. The molecule has 2 aliphatic rings. The Kier molecular flexibility index (Phi) is 5.49. The van der Waals surface area contributed by atoms with Crippen molar-refractivity contribution in [2.45, 2.75) is 63.9 Å². The molecule has 0 aromatic heterocycles. The van der Waals surface area contributed by atoms with Gasteiger partial charge in [0.15, 0.2) is 5.96 Å². The molecule has 0 unspecified atom stereocenters. The summed E-state index contributed by atoms with van der Waals surface area (Å²) in [6, 6.07) is 0. The Labute approximate surface area is 117 Å². The first-order chi connectivity index (χ1) is 9.22. The van der Waals surface area contributed by atoms with Crippen LogP contribution in [0.3, 0.4) is 0 Å². The molecule has 0 atom stereocenters. The Balaban J connectivity index is 1.79. The van der Waals surface area contributed by atoms with Crippen LogP contribution in [0.1, 0.15) is 58.3 Å². The lowest BCUT2D eigenvalue weighted by atomic mass is 9.85. The van der Waals surface area contributed by atoms with Gasteiger partial charge in [0.05, 0.1) is 12.1 Å². The van der Waals surface area contributed by atoms with Crippen molar-refractivity contribution in [1.82, 2.24) is 10.6 Å². The summed E-state index contributed by atoms with van der Waals surface area (Å²) >= 11 is 0. The second-order valence-electron chi connectivity index (χ2n) is 6.16. The molecule has 4 heteroatoms. The summed E-state index contributed by atoms with van der Waals surface area (Å²) in [6.45, 7) is 4.50. The third-order valence-electron chi connectivity index (χ3n) is 4.44. The average Bonchev–Trinajstić information content (AvgIpc) is 2.35. The molecule has 0 aromatic rings. The van der Waals surface area contributed by atoms with E-state index >= 15 is 0 Å². The van der Waals surface area contributed by atoms with Gasteiger partial charge in [0.1, 0.15) is 0 Å². The third kappa shape index (κ3) is 4.68. The van der Waals surface area contributed by atoms with E-state index in [0.29, 0.717) is 6.54 Å². The van der Waals surface area contributed by atoms with Crippen molar-refractivity contribution < 1.29 is 5.11 Å². The van der Waals surface area contributed by atoms with Crippen LogP contribution in [0.5, 0.6) is 0 Å². The number of rotatable bonds is 5. The van der Waals surface area contributed by atoms with E-state index in [1.807, 2.05) is 0 Å². The monoisotopic (exact) mass is 267 g/mol.